The van der Waals surface area contributed by atoms with Crippen LogP contribution in [0.1, 0.15) is 52.0 Å². The van der Waals surface area contributed by atoms with Gasteiger partial charge in [0.2, 0.25) is 5.78 Å². The second-order valence-corrected chi connectivity index (χ2v) is 8.73. The highest BCUT2D eigenvalue weighted by Crippen LogP contribution is 2.30. The number of amides is 1. The van der Waals surface area contributed by atoms with Gasteiger partial charge in [-0.15, -0.1) is 0 Å². The molecular formula is C23H29NO6. The molecule has 1 N–H and O–H groups in total. The fourth-order valence-corrected chi connectivity index (χ4v) is 3.79. The number of piperidine rings is 1. The second kappa shape index (κ2) is 8.90. The van der Waals surface area contributed by atoms with Crippen LogP contribution in [-0.4, -0.2) is 52.1 Å². The first-order valence-corrected chi connectivity index (χ1v) is 10.4. The first kappa shape index (κ1) is 21.9. The molecule has 1 aromatic rings. The van der Waals surface area contributed by atoms with E-state index in [1.165, 1.54) is 4.90 Å². The Kier molecular flexibility index (Phi) is 6.48. The molecule has 162 valence electrons. The number of aryl methyl sites for hydroxylation is 1. The molecule has 2 heterocycles. The number of carbonyl (C=O) groups excluding carboxylic acids is 3. The lowest BCUT2D eigenvalue weighted by Gasteiger charge is -2.36. The minimum atomic E-state index is -0.923. The molecule has 3 rings (SSSR count). The van der Waals surface area contributed by atoms with Gasteiger partial charge in [0.1, 0.15) is 16.9 Å². The van der Waals surface area contributed by atoms with Gasteiger partial charge in [-0.25, -0.2) is 9.59 Å². The molecule has 0 spiro atoms. The van der Waals surface area contributed by atoms with Crippen LogP contribution in [0.4, 0.5) is 4.79 Å². The molecule has 2 atom stereocenters. The van der Waals surface area contributed by atoms with Crippen molar-refractivity contribution in [3.05, 3.63) is 47.2 Å². The number of benzene rings is 1. The van der Waals surface area contributed by atoms with Crippen molar-refractivity contribution in [2.75, 3.05) is 6.54 Å². The van der Waals surface area contributed by atoms with Gasteiger partial charge in [-0.2, -0.15) is 0 Å². The lowest BCUT2D eigenvalue weighted by Crippen LogP contribution is -2.47. The molecule has 2 fully saturated rings. The Morgan fingerprint density at radius 1 is 1.20 bits per heavy atom. The van der Waals surface area contributed by atoms with Gasteiger partial charge in [-0.05, 0) is 58.4 Å². The number of aliphatic hydroxyl groups excluding tert-OH is 1. The van der Waals surface area contributed by atoms with Crippen LogP contribution in [0.5, 0.6) is 0 Å². The molecule has 0 radical (unpaired) electrons. The zero-order valence-corrected chi connectivity index (χ0v) is 17.7. The Labute approximate surface area is 176 Å². The molecule has 0 bridgehead atoms. The zero-order chi connectivity index (χ0) is 21.9. The number of hydrogen-bond donors (Lipinski definition) is 1. The molecule has 2 aliphatic rings. The van der Waals surface area contributed by atoms with Crippen molar-refractivity contribution in [2.24, 2.45) is 0 Å². The van der Waals surface area contributed by atoms with E-state index in [-0.39, 0.29) is 5.57 Å². The first-order chi connectivity index (χ1) is 14.2. The van der Waals surface area contributed by atoms with Gasteiger partial charge >= 0.3 is 12.1 Å². The van der Waals surface area contributed by atoms with E-state index in [2.05, 4.69) is 0 Å². The Morgan fingerprint density at radius 2 is 1.90 bits per heavy atom. The summed E-state index contributed by atoms with van der Waals surface area (Å²) in [5.41, 5.74) is 0.00634. The summed E-state index contributed by atoms with van der Waals surface area (Å²) in [6.07, 6.45) is 1.40. The van der Waals surface area contributed by atoms with E-state index in [0.29, 0.717) is 25.8 Å². The van der Waals surface area contributed by atoms with E-state index in [4.69, 9.17) is 9.47 Å². The summed E-state index contributed by atoms with van der Waals surface area (Å²) in [6, 6.07) is 8.83. The van der Waals surface area contributed by atoms with Crippen LogP contribution in [0.25, 0.3) is 0 Å². The fourth-order valence-electron chi connectivity index (χ4n) is 3.79. The summed E-state index contributed by atoms with van der Waals surface area (Å²) in [7, 11) is 0. The summed E-state index contributed by atoms with van der Waals surface area (Å²) < 4.78 is 10.7. The molecule has 1 unspecified atom stereocenters. The number of likely N-dealkylation sites (tertiary alicyclic amines) is 1. The number of esters is 1. The van der Waals surface area contributed by atoms with Gasteiger partial charge in [-0.1, -0.05) is 30.3 Å². The number of ether oxygens (including phenoxy) is 2. The topological polar surface area (TPSA) is 93.1 Å². The highest BCUT2D eigenvalue weighted by atomic mass is 16.6. The van der Waals surface area contributed by atoms with Gasteiger partial charge in [-0.3, -0.25) is 9.69 Å². The SMILES string of the molecule is CC(C)(C)OC(=O)N1CCCC[C@H]1C(O)=C1C(=O)OC(CCc2ccccc2)C1=O. The van der Waals surface area contributed by atoms with Crippen molar-refractivity contribution >= 4 is 17.8 Å². The molecule has 0 aliphatic carbocycles. The molecule has 2 saturated heterocycles. The molecule has 0 aromatic heterocycles. The van der Waals surface area contributed by atoms with Crippen LogP contribution >= 0.6 is 0 Å². The predicted octanol–water partition coefficient (Wildman–Crippen LogP) is 3.72. The van der Waals surface area contributed by atoms with Crippen LogP contribution in [0.2, 0.25) is 0 Å². The third-order valence-electron chi connectivity index (χ3n) is 5.23. The number of hydrogen-bond acceptors (Lipinski definition) is 6. The van der Waals surface area contributed by atoms with Crippen molar-refractivity contribution in [1.82, 2.24) is 4.90 Å². The normalized spacial score (nSPS) is 23.9. The summed E-state index contributed by atoms with van der Waals surface area (Å²) in [6.45, 7) is 5.67. The summed E-state index contributed by atoms with van der Waals surface area (Å²) in [4.78, 5) is 39.2. The van der Waals surface area contributed by atoms with Crippen LogP contribution in [-0.2, 0) is 25.5 Å². The molecule has 7 nitrogen and oxygen atoms in total. The minimum absolute atomic E-state index is 0.339. The van der Waals surface area contributed by atoms with Crippen molar-refractivity contribution in [2.45, 2.75) is 70.6 Å². The van der Waals surface area contributed by atoms with Gasteiger partial charge in [0.15, 0.2) is 6.10 Å². The molecule has 7 heteroatoms. The van der Waals surface area contributed by atoms with E-state index in [9.17, 15) is 19.5 Å². The number of aliphatic hydroxyl groups is 1. The average molecular weight is 415 g/mol. The number of carbonyl (C=O) groups is 3. The molecule has 1 amide bonds. The monoisotopic (exact) mass is 415 g/mol. The Balaban J connectivity index is 1.76. The average Bonchev–Trinajstić information content (AvgIpc) is 2.98. The van der Waals surface area contributed by atoms with Gasteiger partial charge < -0.3 is 14.6 Å². The quantitative estimate of drug-likeness (QED) is 0.349. The summed E-state index contributed by atoms with van der Waals surface area (Å²) >= 11 is 0. The third kappa shape index (κ3) is 5.01. The van der Waals surface area contributed by atoms with E-state index < -0.39 is 41.4 Å². The zero-order valence-electron chi connectivity index (χ0n) is 17.7. The second-order valence-electron chi connectivity index (χ2n) is 8.73. The van der Waals surface area contributed by atoms with Crippen molar-refractivity contribution < 1.29 is 29.0 Å². The van der Waals surface area contributed by atoms with Crippen molar-refractivity contribution in [3.63, 3.8) is 0 Å². The summed E-state index contributed by atoms with van der Waals surface area (Å²) in [5, 5.41) is 10.8. The molecule has 1 aromatic carbocycles. The molecule has 0 saturated carbocycles. The van der Waals surface area contributed by atoms with Gasteiger partial charge in [0.05, 0.1) is 6.04 Å². The maximum absolute atomic E-state index is 12.8. The third-order valence-corrected chi connectivity index (χ3v) is 5.23. The standard InChI is InChI=1S/C23H29NO6/c1-23(2,3)30-22(28)24-14-8-7-11-16(24)19(25)18-20(26)17(29-21(18)27)13-12-15-9-5-4-6-10-15/h4-6,9-10,16-17,25H,7-8,11-14H2,1-3H3/t16-,17?/m0/s1. The van der Waals surface area contributed by atoms with Gasteiger partial charge in [0.25, 0.3) is 0 Å². The van der Waals surface area contributed by atoms with Crippen LogP contribution < -0.4 is 0 Å². The molecule has 30 heavy (non-hydrogen) atoms. The maximum atomic E-state index is 12.8. The van der Waals surface area contributed by atoms with E-state index >= 15 is 0 Å². The van der Waals surface area contributed by atoms with Crippen LogP contribution in [0, 0.1) is 0 Å². The van der Waals surface area contributed by atoms with E-state index in [1.807, 2.05) is 30.3 Å². The lowest BCUT2D eigenvalue weighted by atomic mass is 9.95. The highest BCUT2D eigenvalue weighted by Gasteiger charge is 2.44. The Morgan fingerprint density at radius 3 is 2.57 bits per heavy atom. The Hall–Kier alpha value is -2.83. The minimum Gasteiger partial charge on any atom is -0.509 e. The number of cyclic esters (lactones) is 1. The lowest BCUT2D eigenvalue weighted by molar-refractivity contribution is -0.141. The van der Waals surface area contributed by atoms with E-state index in [0.717, 1.165) is 18.4 Å². The number of nitrogens with zero attached hydrogens (tertiary/aromatic N) is 1. The van der Waals surface area contributed by atoms with Crippen LogP contribution in [0.3, 0.4) is 0 Å². The highest BCUT2D eigenvalue weighted by molar-refractivity contribution is 6.23. The number of ketones is 1. The first-order valence-electron chi connectivity index (χ1n) is 10.4. The molecular weight excluding hydrogens is 386 g/mol. The maximum Gasteiger partial charge on any atom is 0.410 e. The number of Topliss-reactive ketones (excluding diaryl/α,β-unsaturated/α-hetero) is 1. The van der Waals surface area contributed by atoms with E-state index in [1.54, 1.807) is 20.8 Å². The Bertz CT molecular complexity index is 839. The van der Waals surface area contributed by atoms with Crippen molar-refractivity contribution in [3.8, 4) is 0 Å². The van der Waals surface area contributed by atoms with Crippen LogP contribution in [0.15, 0.2) is 41.7 Å². The number of rotatable bonds is 4. The smallest absolute Gasteiger partial charge is 0.410 e. The summed E-state index contributed by atoms with van der Waals surface area (Å²) in [5.74, 6) is -1.74. The molecule has 2 aliphatic heterocycles. The van der Waals surface area contributed by atoms with Gasteiger partial charge in [0, 0.05) is 6.54 Å². The predicted molar refractivity (Wildman–Crippen MR) is 110 cm³/mol. The fraction of sp³-hybridized carbons (Fsp3) is 0.522. The largest absolute Gasteiger partial charge is 0.509 e. The van der Waals surface area contributed by atoms with Crippen molar-refractivity contribution in [1.29, 1.82) is 0 Å².